The van der Waals surface area contributed by atoms with Crippen LogP contribution in [0.2, 0.25) is 0 Å². The average Bonchev–Trinajstić information content (AvgIpc) is 2.38. The van der Waals surface area contributed by atoms with Gasteiger partial charge in [-0.3, -0.25) is 0 Å². The second-order valence-corrected chi connectivity index (χ2v) is 4.06. The number of esters is 1. The van der Waals surface area contributed by atoms with Gasteiger partial charge in [-0.2, -0.15) is 0 Å². The number of carbonyl (C=O) groups is 1. The van der Waals surface area contributed by atoms with E-state index in [1.54, 1.807) is 6.07 Å². The monoisotopic (exact) mass is 235 g/mol. The number of hydrogen-bond acceptors (Lipinski definition) is 4. The Bertz CT molecular complexity index is 417. The van der Waals surface area contributed by atoms with E-state index in [0.717, 1.165) is 24.0 Å². The van der Waals surface area contributed by atoms with E-state index in [9.17, 15) is 4.79 Å². The summed E-state index contributed by atoms with van der Waals surface area (Å²) in [6.07, 6.45) is 1.47. The third kappa shape index (κ3) is 2.33. The summed E-state index contributed by atoms with van der Waals surface area (Å²) >= 11 is 0. The highest BCUT2D eigenvalue weighted by Gasteiger charge is 2.26. The molecule has 17 heavy (non-hydrogen) atoms. The van der Waals surface area contributed by atoms with Gasteiger partial charge in [-0.1, -0.05) is 12.1 Å². The molecule has 0 radical (unpaired) electrons. The van der Waals surface area contributed by atoms with E-state index >= 15 is 0 Å². The number of ether oxygens (including phenoxy) is 2. The van der Waals surface area contributed by atoms with Gasteiger partial charge in [0.15, 0.2) is 0 Å². The zero-order valence-electron chi connectivity index (χ0n) is 9.94. The first-order chi connectivity index (χ1) is 8.27. The average molecular weight is 235 g/mol. The van der Waals surface area contributed by atoms with Gasteiger partial charge in [-0.25, -0.2) is 4.79 Å². The van der Waals surface area contributed by atoms with Crippen LogP contribution >= 0.6 is 0 Å². The molecule has 1 atom stereocenters. The lowest BCUT2D eigenvalue weighted by atomic mass is 9.91. The predicted octanol–water partition coefficient (Wildman–Crippen LogP) is 1.44. The van der Waals surface area contributed by atoms with Crippen LogP contribution in [0.15, 0.2) is 18.2 Å². The second-order valence-electron chi connectivity index (χ2n) is 4.06. The van der Waals surface area contributed by atoms with Crippen molar-refractivity contribution < 1.29 is 14.3 Å². The van der Waals surface area contributed by atoms with Crippen LogP contribution in [0.4, 0.5) is 0 Å². The minimum Gasteiger partial charge on any atom is -0.465 e. The van der Waals surface area contributed by atoms with Gasteiger partial charge in [-0.05, 0) is 36.6 Å². The van der Waals surface area contributed by atoms with Crippen LogP contribution in [0.1, 0.15) is 34.0 Å². The minimum absolute atomic E-state index is 0.0842. The van der Waals surface area contributed by atoms with Crippen LogP contribution in [-0.2, 0) is 15.9 Å². The summed E-state index contributed by atoms with van der Waals surface area (Å²) in [4.78, 5) is 11.7. The highest BCUT2D eigenvalue weighted by molar-refractivity contribution is 5.91. The third-order valence-corrected chi connectivity index (χ3v) is 3.04. The molecule has 1 aromatic rings. The maximum atomic E-state index is 11.7. The smallest absolute Gasteiger partial charge is 0.338 e. The second kappa shape index (κ2) is 5.29. The molecule has 2 rings (SSSR count). The Balaban J connectivity index is 2.44. The molecule has 1 aliphatic rings. The van der Waals surface area contributed by atoms with Gasteiger partial charge in [0.05, 0.1) is 25.4 Å². The highest BCUT2D eigenvalue weighted by atomic mass is 16.5. The van der Waals surface area contributed by atoms with Crippen molar-refractivity contribution in [2.45, 2.75) is 18.9 Å². The van der Waals surface area contributed by atoms with Crippen molar-refractivity contribution >= 4 is 5.97 Å². The first-order valence-electron chi connectivity index (χ1n) is 5.79. The zero-order valence-corrected chi connectivity index (χ0v) is 9.94. The molecule has 0 aromatic heterocycles. The number of methoxy groups -OCH3 is 1. The Morgan fingerprint density at radius 2 is 2.41 bits per heavy atom. The molecule has 1 heterocycles. The number of carbonyl (C=O) groups excluding carboxylic acids is 1. The van der Waals surface area contributed by atoms with E-state index in [1.165, 1.54) is 7.11 Å². The van der Waals surface area contributed by atoms with Gasteiger partial charge in [0.2, 0.25) is 0 Å². The number of nitrogens with two attached hydrogens (primary N) is 1. The molecule has 4 nitrogen and oxygen atoms in total. The molecule has 0 bridgehead atoms. The molecule has 0 saturated carbocycles. The SMILES string of the molecule is COC(=O)c1cccc2c1C(CCN)OCC2. The first-order valence-corrected chi connectivity index (χ1v) is 5.79. The largest absolute Gasteiger partial charge is 0.465 e. The quantitative estimate of drug-likeness (QED) is 0.805. The zero-order chi connectivity index (χ0) is 12.3. The summed E-state index contributed by atoms with van der Waals surface area (Å²) in [6, 6.07) is 5.70. The Hall–Kier alpha value is -1.39. The number of fused-ring (bicyclic) bond motifs is 1. The molecular weight excluding hydrogens is 218 g/mol. The maximum absolute atomic E-state index is 11.7. The fourth-order valence-corrected chi connectivity index (χ4v) is 2.27. The van der Waals surface area contributed by atoms with Gasteiger partial charge in [-0.15, -0.1) is 0 Å². The molecule has 0 fully saturated rings. The number of hydrogen-bond donors (Lipinski definition) is 1. The lowest BCUT2D eigenvalue weighted by molar-refractivity contribution is 0.0351. The van der Waals surface area contributed by atoms with E-state index in [-0.39, 0.29) is 12.1 Å². The van der Waals surface area contributed by atoms with E-state index in [2.05, 4.69) is 0 Å². The summed E-state index contributed by atoms with van der Waals surface area (Å²) in [6.45, 7) is 1.22. The summed E-state index contributed by atoms with van der Waals surface area (Å²) in [5.41, 5.74) is 8.30. The van der Waals surface area contributed by atoms with Gasteiger partial charge in [0, 0.05) is 0 Å². The minimum atomic E-state index is -0.311. The van der Waals surface area contributed by atoms with Crippen molar-refractivity contribution in [3.05, 3.63) is 34.9 Å². The Kier molecular flexibility index (Phi) is 3.76. The molecule has 1 unspecified atom stereocenters. The molecule has 1 aromatic carbocycles. The van der Waals surface area contributed by atoms with Crippen LogP contribution in [-0.4, -0.2) is 26.2 Å². The van der Waals surface area contributed by atoms with E-state index in [4.69, 9.17) is 15.2 Å². The lowest BCUT2D eigenvalue weighted by Crippen LogP contribution is -2.22. The fourth-order valence-electron chi connectivity index (χ4n) is 2.27. The van der Waals surface area contributed by atoms with Crippen molar-refractivity contribution in [3.63, 3.8) is 0 Å². The standard InChI is InChI=1S/C13H17NO3/c1-16-13(15)10-4-2-3-9-6-8-17-11(5-7-14)12(9)10/h2-4,11H,5-8,14H2,1H3. The summed E-state index contributed by atoms with van der Waals surface area (Å²) in [5.74, 6) is -0.311. The first kappa shape index (κ1) is 12.1. The topological polar surface area (TPSA) is 61.5 Å². The van der Waals surface area contributed by atoms with Gasteiger partial charge in [0.25, 0.3) is 0 Å². The van der Waals surface area contributed by atoms with Crippen LogP contribution in [0, 0.1) is 0 Å². The maximum Gasteiger partial charge on any atom is 0.338 e. The van der Waals surface area contributed by atoms with Gasteiger partial charge >= 0.3 is 5.97 Å². The van der Waals surface area contributed by atoms with Gasteiger partial charge in [0.1, 0.15) is 0 Å². The molecule has 2 N–H and O–H groups in total. The Morgan fingerprint density at radius 3 is 3.12 bits per heavy atom. The molecule has 0 spiro atoms. The molecule has 0 amide bonds. The van der Waals surface area contributed by atoms with E-state index in [0.29, 0.717) is 18.7 Å². The van der Waals surface area contributed by atoms with Crippen molar-refractivity contribution in [2.75, 3.05) is 20.3 Å². The molecule has 92 valence electrons. The van der Waals surface area contributed by atoms with E-state index in [1.807, 2.05) is 12.1 Å². The highest BCUT2D eigenvalue weighted by Crippen LogP contribution is 2.32. The molecule has 1 aliphatic heterocycles. The predicted molar refractivity (Wildman–Crippen MR) is 63.8 cm³/mol. The van der Waals surface area contributed by atoms with Crippen LogP contribution in [0.5, 0.6) is 0 Å². The lowest BCUT2D eigenvalue weighted by Gasteiger charge is -2.27. The van der Waals surface area contributed by atoms with Crippen LogP contribution < -0.4 is 5.73 Å². The van der Waals surface area contributed by atoms with Crippen molar-refractivity contribution in [2.24, 2.45) is 5.73 Å². The summed E-state index contributed by atoms with van der Waals surface area (Å²) < 4.78 is 10.5. The molecular formula is C13H17NO3. The van der Waals surface area contributed by atoms with Crippen molar-refractivity contribution in [1.82, 2.24) is 0 Å². The van der Waals surface area contributed by atoms with Crippen molar-refractivity contribution in [3.8, 4) is 0 Å². The van der Waals surface area contributed by atoms with Crippen molar-refractivity contribution in [1.29, 1.82) is 0 Å². The number of rotatable bonds is 3. The number of benzene rings is 1. The van der Waals surface area contributed by atoms with Crippen LogP contribution in [0.25, 0.3) is 0 Å². The Labute approximate surface area is 101 Å². The van der Waals surface area contributed by atoms with Gasteiger partial charge < -0.3 is 15.2 Å². The summed E-state index contributed by atoms with van der Waals surface area (Å²) in [5, 5.41) is 0. The summed E-state index contributed by atoms with van der Waals surface area (Å²) in [7, 11) is 1.39. The van der Waals surface area contributed by atoms with Crippen LogP contribution in [0.3, 0.4) is 0 Å². The molecule has 4 heteroatoms. The van der Waals surface area contributed by atoms with E-state index < -0.39 is 0 Å². The third-order valence-electron chi connectivity index (χ3n) is 3.04. The fraction of sp³-hybridized carbons (Fsp3) is 0.462. The normalized spacial score (nSPS) is 18.6. The Morgan fingerprint density at radius 1 is 1.59 bits per heavy atom. The molecule has 0 aliphatic carbocycles. The molecule has 0 saturated heterocycles.